The first-order valence-corrected chi connectivity index (χ1v) is 8.45. The normalized spacial score (nSPS) is 35.3. The van der Waals surface area contributed by atoms with Gasteiger partial charge in [0.05, 0.1) is 0 Å². The van der Waals surface area contributed by atoms with E-state index in [1.807, 2.05) is 0 Å². The van der Waals surface area contributed by atoms with Gasteiger partial charge in [0.2, 0.25) is 0 Å². The third kappa shape index (κ3) is 2.51. The van der Waals surface area contributed by atoms with Crippen molar-refractivity contribution in [3.8, 4) is 0 Å². The van der Waals surface area contributed by atoms with Crippen molar-refractivity contribution in [1.29, 1.82) is 0 Å². The Morgan fingerprint density at radius 1 is 0.850 bits per heavy atom. The molecule has 2 heteroatoms. The average molecular weight is 270 g/mol. The second kappa shape index (κ2) is 5.50. The summed E-state index contributed by atoms with van der Waals surface area (Å²) in [6.45, 7) is 5.34. The monoisotopic (exact) mass is 270 g/mol. The maximum atomic E-state index is 2.81. The molecule has 2 aliphatic heterocycles. The standard InChI is InChI=1S/C18H26N2/c1-2-7-15(8-3-1)17-13-18(17)20-12-6-11-19-10-5-4-9-16(19)14-20/h1-3,7-8,16-18H,4-6,9-14H2. The zero-order chi connectivity index (χ0) is 13.4. The molecule has 0 amide bonds. The van der Waals surface area contributed by atoms with E-state index >= 15 is 0 Å². The van der Waals surface area contributed by atoms with Crippen LogP contribution < -0.4 is 0 Å². The smallest absolute Gasteiger partial charge is 0.0223 e. The van der Waals surface area contributed by atoms with Crippen molar-refractivity contribution in [2.45, 2.75) is 50.1 Å². The summed E-state index contributed by atoms with van der Waals surface area (Å²) in [5.74, 6) is 0.811. The molecule has 3 fully saturated rings. The molecule has 1 aromatic rings. The zero-order valence-electron chi connectivity index (χ0n) is 12.4. The number of fused-ring (bicyclic) bond motifs is 1. The fourth-order valence-corrected chi connectivity index (χ4v) is 4.34. The van der Waals surface area contributed by atoms with Gasteiger partial charge in [0.15, 0.2) is 0 Å². The molecule has 3 aliphatic rings. The summed E-state index contributed by atoms with van der Waals surface area (Å²) in [5.41, 5.74) is 1.56. The third-order valence-electron chi connectivity index (χ3n) is 5.54. The van der Waals surface area contributed by atoms with Crippen LogP contribution in [0.5, 0.6) is 0 Å². The summed E-state index contributed by atoms with van der Waals surface area (Å²) in [4.78, 5) is 5.58. The number of hydrogen-bond donors (Lipinski definition) is 0. The van der Waals surface area contributed by atoms with Crippen LogP contribution in [0, 0.1) is 0 Å². The molecule has 2 nitrogen and oxygen atoms in total. The van der Waals surface area contributed by atoms with E-state index in [1.165, 1.54) is 58.3 Å². The number of hydrogen-bond acceptors (Lipinski definition) is 2. The van der Waals surface area contributed by atoms with Gasteiger partial charge < -0.3 is 0 Å². The van der Waals surface area contributed by atoms with Crippen LogP contribution in [0.3, 0.4) is 0 Å². The van der Waals surface area contributed by atoms with E-state index in [4.69, 9.17) is 0 Å². The van der Waals surface area contributed by atoms with Crippen molar-refractivity contribution < 1.29 is 0 Å². The second-order valence-corrected chi connectivity index (χ2v) is 6.85. The molecule has 2 heterocycles. The van der Waals surface area contributed by atoms with E-state index in [1.54, 1.807) is 5.56 Å². The molecule has 0 radical (unpaired) electrons. The van der Waals surface area contributed by atoms with E-state index in [0.717, 1.165) is 18.0 Å². The Morgan fingerprint density at radius 3 is 2.55 bits per heavy atom. The molecule has 4 rings (SSSR count). The maximum absolute atomic E-state index is 2.81. The van der Waals surface area contributed by atoms with Crippen molar-refractivity contribution in [2.75, 3.05) is 26.2 Å². The van der Waals surface area contributed by atoms with Crippen molar-refractivity contribution in [3.63, 3.8) is 0 Å². The van der Waals surface area contributed by atoms with Gasteiger partial charge in [-0.25, -0.2) is 0 Å². The molecule has 0 N–H and O–H groups in total. The predicted molar refractivity (Wildman–Crippen MR) is 83.0 cm³/mol. The minimum Gasteiger partial charge on any atom is -0.299 e. The number of benzene rings is 1. The van der Waals surface area contributed by atoms with Crippen molar-refractivity contribution in [3.05, 3.63) is 35.9 Å². The van der Waals surface area contributed by atoms with Crippen molar-refractivity contribution in [1.82, 2.24) is 9.80 Å². The van der Waals surface area contributed by atoms with Gasteiger partial charge in [0, 0.05) is 24.5 Å². The summed E-state index contributed by atoms with van der Waals surface area (Å²) in [7, 11) is 0. The quantitative estimate of drug-likeness (QED) is 0.815. The van der Waals surface area contributed by atoms with Gasteiger partial charge in [-0.1, -0.05) is 36.8 Å². The van der Waals surface area contributed by atoms with Crippen LogP contribution in [0.2, 0.25) is 0 Å². The molecule has 1 saturated carbocycles. The largest absolute Gasteiger partial charge is 0.299 e. The Kier molecular flexibility index (Phi) is 3.53. The Labute approximate surface area is 122 Å². The molecular formula is C18H26N2. The molecule has 0 bridgehead atoms. The highest BCUT2D eigenvalue weighted by Gasteiger charge is 2.44. The number of piperidine rings is 1. The van der Waals surface area contributed by atoms with E-state index in [0.29, 0.717) is 0 Å². The van der Waals surface area contributed by atoms with Gasteiger partial charge in [-0.15, -0.1) is 0 Å². The molecule has 1 aliphatic carbocycles. The number of rotatable bonds is 2. The minimum absolute atomic E-state index is 0.811. The van der Waals surface area contributed by atoms with Crippen LogP contribution in [0.25, 0.3) is 0 Å². The average Bonchev–Trinajstić information content (AvgIpc) is 3.30. The molecule has 108 valence electrons. The molecule has 3 unspecified atom stereocenters. The van der Waals surface area contributed by atoms with Crippen LogP contribution in [-0.4, -0.2) is 48.1 Å². The molecule has 2 saturated heterocycles. The highest BCUT2D eigenvalue weighted by Crippen LogP contribution is 2.45. The lowest BCUT2D eigenvalue weighted by Crippen LogP contribution is -2.44. The highest BCUT2D eigenvalue weighted by molar-refractivity contribution is 5.28. The topological polar surface area (TPSA) is 6.48 Å². The summed E-state index contributed by atoms with van der Waals surface area (Å²) in [6.07, 6.45) is 7.05. The van der Waals surface area contributed by atoms with Crippen LogP contribution in [-0.2, 0) is 0 Å². The first-order valence-electron chi connectivity index (χ1n) is 8.45. The third-order valence-corrected chi connectivity index (χ3v) is 5.54. The van der Waals surface area contributed by atoms with Crippen LogP contribution >= 0.6 is 0 Å². The molecule has 0 spiro atoms. The van der Waals surface area contributed by atoms with Gasteiger partial charge in [-0.2, -0.15) is 0 Å². The Balaban J connectivity index is 1.42. The van der Waals surface area contributed by atoms with Crippen molar-refractivity contribution in [2.24, 2.45) is 0 Å². The van der Waals surface area contributed by atoms with Crippen LogP contribution in [0.4, 0.5) is 0 Å². The number of nitrogens with zero attached hydrogens (tertiary/aromatic N) is 2. The zero-order valence-corrected chi connectivity index (χ0v) is 12.4. The SMILES string of the molecule is c1ccc(C2CC2N2CCCN3CCCCC3C2)cc1. The Bertz CT molecular complexity index is 444. The van der Waals surface area contributed by atoms with Crippen LogP contribution in [0.15, 0.2) is 30.3 Å². The summed E-state index contributed by atoms with van der Waals surface area (Å²) < 4.78 is 0. The maximum Gasteiger partial charge on any atom is 0.0223 e. The fourth-order valence-electron chi connectivity index (χ4n) is 4.34. The molecule has 3 atom stereocenters. The highest BCUT2D eigenvalue weighted by atomic mass is 15.3. The Hall–Kier alpha value is -0.860. The lowest BCUT2D eigenvalue weighted by molar-refractivity contribution is 0.134. The van der Waals surface area contributed by atoms with Gasteiger partial charge in [0.25, 0.3) is 0 Å². The van der Waals surface area contributed by atoms with E-state index < -0.39 is 0 Å². The molecule has 1 aromatic carbocycles. The summed E-state index contributed by atoms with van der Waals surface area (Å²) >= 11 is 0. The van der Waals surface area contributed by atoms with Gasteiger partial charge in [0.1, 0.15) is 0 Å². The summed E-state index contributed by atoms with van der Waals surface area (Å²) in [6, 6.07) is 12.8. The fraction of sp³-hybridized carbons (Fsp3) is 0.667. The first kappa shape index (κ1) is 12.8. The van der Waals surface area contributed by atoms with Gasteiger partial charge in [-0.3, -0.25) is 9.80 Å². The van der Waals surface area contributed by atoms with E-state index in [2.05, 4.69) is 40.1 Å². The first-order chi connectivity index (χ1) is 9.92. The predicted octanol–water partition coefficient (Wildman–Crippen LogP) is 3.10. The Morgan fingerprint density at radius 2 is 1.65 bits per heavy atom. The molecule has 20 heavy (non-hydrogen) atoms. The minimum atomic E-state index is 0.811. The lowest BCUT2D eigenvalue weighted by atomic mass is 10.0. The second-order valence-electron chi connectivity index (χ2n) is 6.85. The van der Waals surface area contributed by atoms with Gasteiger partial charge >= 0.3 is 0 Å². The van der Waals surface area contributed by atoms with E-state index in [9.17, 15) is 0 Å². The molecule has 0 aromatic heterocycles. The van der Waals surface area contributed by atoms with Crippen molar-refractivity contribution >= 4 is 0 Å². The van der Waals surface area contributed by atoms with Crippen LogP contribution in [0.1, 0.15) is 43.6 Å². The van der Waals surface area contributed by atoms with Gasteiger partial charge in [-0.05, 0) is 50.9 Å². The lowest BCUT2D eigenvalue weighted by Gasteiger charge is -2.35. The molecular weight excluding hydrogens is 244 g/mol. The van der Waals surface area contributed by atoms with E-state index in [-0.39, 0.29) is 0 Å². The summed E-state index contributed by atoms with van der Waals surface area (Å²) in [5, 5.41) is 0.